The van der Waals surface area contributed by atoms with Crippen LogP contribution in [0.5, 0.6) is 11.6 Å². The maximum Gasteiger partial charge on any atom is 0.232 e. The number of hydrogen-bond donors (Lipinski definition) is 0. The average molecular weight is 395 g/mol. The topological polar surface area (TPSA) is 55.1 Å². The largest absolute Gasteiger partial charge is 0.497 e. The maximum absolute atomic E-state index is 9.59. The number of nitrogens with zero attached hydrogens (tertiary/aromatic N) is 2. The minimum absolute atomic E-state index is 0.311. The highest BCUT2D eigenvalue weighted by molar-refractivity contribution is 9.10. The van der Waals surface area contributed by atoms with Crippen molar-refractivity contribution in [1.82, 2.24) is 4.98 Å². The van der Waals surface area contributed by atoms with E-state index < -0.39 is 0 Å². The third-order valence-corrected chi connectivity index (χ3v) is 4.31. The molecule has 0 unspecified atom stereocenters. The van der Waals surface area contributed by atoms with Crippen LogP contribution >= 0.6 is 15.9 Å². The van der Waals surface area contributed by atoms with E-state index in [1.165, 1.54) is 7.11 Å². The molecule has 0 fully saturated rings. The van der Waals surface area contributed by atoms with Crippen molar-refractivity contribution in [2.24, 2.45) is 0 Å². The molecule has 0 N–H and O–H groups in total. The van der Waals surface area contributed by atoms with Gasteiger partial charge < -0.3 is 9.47 Å². The van der Waals surface area contributed by atoms with Crippen molar-refractivity contribution in [2.45, 2.75) is 0 Å². The molecule has 0 aliphatic rings. The van der Waals surface area contributed by atoms with E-state index in [0.717, 1.165) is 32.6 Å². The molecule has 4 nitrogen and oxygen atoms in total. The summed E-state index contributed by atoms with van der Waals surface area (Å²) in [4.78, 5) is 4.50. The number of hydrogen-bond acceptors (Lipinski definition) is 4. The van der Waals surface area contributed by atoms with Gasteiger partial charge in [-0.2, -0.15) is 5.26 Å². The number of halogens is 1. The van der Waals surface area contributed by atoms with Gasteiger partial charge in [-0.15, -0.1) is 0 Å². The molecule has 0 bridgehead atoms. The zero-order valence-corrected chi connectivity index (χ0v) is 15.4. The Bertz CT molecular complexity index is 947. The number of pyridine rings is 1. The van der Waals surface area contributed by atoms with Crippen LogP contribution in [0, 0.1) is 11.3 Å². The van der Waals surface area contributed by atoms with Crippen LogP contribution in [0.15, 0.2) is 59.1 Å². The molecule has 0 aliphatic carbocycles. The lowest BCUT2D eigenvalue weighted by Gasteiger charge is -2.12. The van der Waals surface area contributed by atoms with Crippen LogP contribution < -0.4 is 9.47 Å². The number of nitriles is 1. The first kappa shape index (κ1) is 17.0. The summed E-state index contributed by atoms with van der Waals surface area (Å²) in [7, 11) is 3.15. The van der Waals surface area contributed by atoms with E-state index in [-0.39, 0.29) is 0 Å². The molecule has 3 aromatic rings. The van der Waals surface area contributed by atoms with Gasteiger partial charge in [-0.3, -0.25) is 0 Å². The fourth-order valence-electron chi connectivity index (χ4n) is 2.57. The van der Waals surface area contributed by atoms with Gasteiger partial charge >= 0.3 is 0 Å². The Balaban J connectivity index is 2.21. The first-order valence-electron chi connectivity index (χ1n) is 7.55. The third-order valence-electron chi connectivity index (χ3n) is 3.81. The van der Waals surface area contributed by atoms with Crippen LogP contribution in [0.1, 0.15) is 5.56 Å². The third kappa shape index (κ3) is 3.49. The van der Waals surface area contributed by atoms with Crippen LogP contribution in [-0.2, 0) is 0 Å². The van der Waals surface area contributed by atoms with Crippen molar-refractivity contribution in [1.29, 1.82) is 5.26 Å². The van der Waals surface area contributed by atoms with Gasteiger partial charge in [0.15, 0.2) is 0 Å². The standard InChI is InChI=1S/C20H15BrN2O2/c1-24-16-8-6-13(7-9-16)19-11-17(14-4-3-5-15(21)10-14)18(12-22)20(23-19)25-2/h3-11H,1-2H3. The molecule has 0 aliphatic heterocycles. The van der Waals surface area contributed by atoms with Crippen molar-refractivity contribution in [3.63, 3.8) is 0 Å². The Morgan fingerprint density at radius 1 is 0.960 bits per heavy atom. The van der Waals surface area contributed by atoms with Crippen molar-refractivity contribution < 1.29 is 9.47 Å². The SMILES string of the molecule is COc1ccc(-c2cc(-c3cccc(Br)c3)c(C#N)c(OC)n2)cc1. The summed E-state index contributed by atoms with van der Waals surface area (Å²) in [5.41, 5.74) is 3.76. The monoisotopic (exact) mass is 394 g/mol. The van der Waals surface area contributed by atoms with Crippen molar-refractivity contribution in [3.8, 4) is 40.1 Å². The van der Waals surface area contributed by atoms with Crippen LogP contribution in [0.4, 0.5) is 0 Å². The lowest BCUT2D eigenvalue weighted by atomic mass is 9.99. The summed E-state index contributed by atoms with van der Waals surface area (Å²) in [6.07, 6.45) is 0. The number of methoxy groups -OCH3 is 2. The minimum Gasteiger partial charge on any atom is -0.497 e. The predicted octanol–water partition coefficient (Wildman–Crippen LogP) is 5.07. The summed E-state index contributed by atoms with van der Waals surface area (Å²) < 4.78 is 11.5. The van der Waals surface area contributed by atoms with E-state index in [1.54, 1.807) is 7.11 Å². The molecular weight excluding hydrogens is 380 g/mol. The lowest BCUT2D eigenvalue weighted by molar-refractivity contribution is 0.397. The first-order valence-corrected chi connectivity index (χ1v) is 8.35. The molecule has 25 heavy (non-hydrogen) atoms. The van der Waals surface area contributed by atoms with Gasteiger partial charge in [0, 0.05) is 15.6 Å². The smallest absolute Gasteiger partial charge is 0.232 e. The highest BCUT2D eigenvalue weighted by Gasteiger charge is 2.16. The summed E-state index contributed by atoms with van der Waals surface area (Å²) in [6, 6.07) is 19.5. The molecule has 1 heterocycles. The van der Waals surface area contributed by atoms with E-state index in [0.29, 0.717) is 11.4 Å². The molecule has 0 amide bonds. The molecule has 1 aromatic heterocycles. The van der Waals surface area contributed by atoms with Crippen LogP contribution in [-0.4, -0.2) is 19.2 Å². The summed E-state index contributed by atoms with van der Waals surface area (Å²) >= 11 is 3.48. The molecular formula is C20H15BrN2O2. The Kier molecular flexibility index (Phi) is 5.01. The Morgan fingerprint density at radius 3 is 2.32 bits per heavy atom. The molecule has 3 rings (SSSR count). The molecule has 0 radical (unpaired) electrons. The molecule has 0 saturated carbocycles. The first-order chi connectivity index (χ1) is 12.2. The summed E-state index contributed by atoms with van der Waals surface area (Å²) in [5.74, 6) is 1.09. The van der Waals surface area contributed by atoms with E-state index in [1.807, 2.05) is 54.6 Å². The molecule has 124 valence electrons. The fourth-order valence-corrected chi connectivity index (χ4v) is 2.97. The van der Waals surface area contributed by atoms with Gasteiger partial charge in [0.05, 0.1) is 19.9 Å². The number of benzene rings is 2. The lowest BCUT2D eigenvalue weighted by Crippen LogP contribution is -1.98. The Labute approximate surface area is 154 Å². The molecule has 5 heteroatoms. The van der Waals surface area contributed by atoms with E-state index in [2.05, 4.69) is 27.0 Å². The van der Waals surface area contributed by atoms with Gasteiger partial charge in [-0.05, 0) is 48.0 Å². The normalized spacial score (nSPS) is 10.2. The zero-order valence-electron chi connectivity index (χ0n) is 13.8. The van der Waals surface area contributed by atoms with E-state index in [4.69, 9.17) is 9.47 Å². The quantitative estimate of drug-likeness (QED) is 0.619. The molecule has 0 saturated heterocycles. The van der Waals surface area contributed by atoms with Gasteiger partial charge in [0.1, 0.15) is 17.4 Å². The predicted molar refractivity (Wildman–Crippen MR) is 101 cm³/mol. The van der Waals surface area contributed by atoms with Gasteiger partial charge in [0.25, 0.3) is 0 Å². The Morgan fingerprint density at radius 2 is 1.72 bits per heavy atom. The molecule has 0 atom stereocenters. The Hall–Kier alpha value is -2.84. The second kappa shape index (κ2) is 7.37. The summed E-state index contributed by atoms with van der Waals surface area (Å²) in [5, 5.41) is 9.59. The molecule has 0 spiro atoms. The van der Waals surface area contributed by atoms with Gasteiger partial charge in [-0.1, -0.05) is 28.1 Å². The van der Waals surface area contributed by atoms with Crippen LogP contribution in [0.2, 0.25) is 0 Å². The average Bonchev–Trinajstić information content (AvgIpc) is 2.66. The van der Waals surface area contributed by atoms with Crippen molar-refractivity contribution in [2.75, 3.05) is 14.2 Å². The van der Waals surface area contributed by atoms with E-state index in [9.17, 15) is 5.26 Å². The number of aromatic nitrogens is 1. The summed E-state index contributed by atoms with van der Waals surface area (Å²) in [6.45, 7) is 0. The van der Waals surface area contributed by atoms with Gasteiger partial charge in [0.2, 0.25) is 5.88 Å². The zero-order chi connectivity index (χ0) is 17.8. The fraction of sp³-hybridized carbons (Fsp3) is 0.100. The van der Waals surface area contributed by atoms with Crippen molar-refractivity contribution >= 4 is 15.9 Å². The number of ether oxygens (including phenoxy) is 2. The van der Waals surface area contributed by atoms with Crippen LogP contribution in [0.25, 0.3) is 22.4 Å². The number of rotatable bonds is 4. The second-order valence-corrected chi connectivity index (χ2v) is 6.21. The highest BCUT2D eigenvalue weighted by atomic mass is 79.9. The van der Waals surface area contributed by atoms with E-state index >= 15 is 0 Å². The highest BCUT2D eigenvalue weighted by Crippen LogP contribution is 2.34. The minimum atomic E-state index is 0.311. The van der Waals surface area contributed by atoms with Gasteiger partial charge in [-0.25, -0.2) is 4.98 Å². The second-order valence-electron chi connectivity index (χ2n) is 5.29. The van der Waals surface area contributed by atoms with Crippen molar-refractivity contribution in [3.05, 3.63) is 64.6 Å². The maximum atomic E-state index is 9.59. The van der Waals surface area contributed by atoms with Crippen LogP contribution in [0.3, 0.4) is 0 Å². The molecule has 2 aromatic carbocycles.